The minimum Gasteiger partial charge on any atom is -0.336 e. The lowest BCUT2D eigenvalue weighted by atomic mass is 9.93. The Balaban J connectivity index is 0.000000107. The molecule has 0 N–H and O–H groups in total. The second-order valence-corrected chi connectivity index (χ2v) is 39.4. The molecule has 0 saturated heterocycles. The van der Waals surface area contributed by atoms with Gasteiger partial charge in [-0.05, 0) is 218 Å². The summed E-state index contributed by atoms with van der Waals surface area (Å²) in [6, 6.07) is 48.0. The van der Waals surface area contributed by atoms with Gasteiger partial charge in [0, 0.05) is 218 Å². The van der Waals surface area contributed by atoms with E-state index in [-0.39, 0.29) is 0 Å². The molecule has 2 unspecified atom stereocenters. The van der Waals surface area contributed by atoms with Crippen LogP contribution in [0.25, 0.3) is 56.8 Å². The number of fused-ring (bicyclic) bond motifs is 15. The average molecular weight is 1680 g/mol. The van der Waals surface area contributed by atoms with Crippen LogP contribution in [0.5, 0.6) is 0 Å². The molecule has 0 amide bonds. The summed E-state index contributed by atoms with van der Waals surface area (Å²) in [5.74, 6) is 0. The standard InChI is InChI=1S/C22H27ClN2S.C20H25N3S.C18H19ClN2S.C17H17ClN2S.C15H14ClN3S/c1-14-13-26-22-20(14)21-16(3)24(4)15(2)11-19(21)25(22)10-6-8-17-7-5-9-18(23)12-17;1-14-6-7-16(12-21-14)5-4-9-23-19-8-10-22(3)13-18(19)17-11-15(2)24-20(17)23;1-20-9-8-16-15(12-20)14-11-17(19)22-18(14)21(16)10-7-13-5-3-2-4-6-13;1-19-8-7-15-14(11-19)13-9-16(18)21-17(13)20(15)10-12-5-3-2-4-6-12;1-18-7-4-13-12(9-18)11-8-14(16)20-15(11)19(13)10-2-5-17-6-3-10/h5,7,9,12-13,15-16H,6,8,10-11H2,1-4H3;6-7,11-12H,4-5,8-10,13H2,1-3H3;2-6,11H,7-10,12H2,1H3;2-6,9H,7-8,10-11H2,1H3;2-3,5-6,8H,4,7,9H2,1H3. The number of rotatable bonds is 14. The van der Waals surface area contributed by atoms with Gasteiger partial charge in [-0.25, -0.2) is 0 Å². The van der Waals surface area contributed by atoms with Gasteiger partial charge >= 0.3 is 0 Å². The van der Waals surface area contributed by atoms with Crippen LogP contribution < -0.4 is 0 Å². The first-order valence-electron chi connectivity index (χ1n) is 40.0. The third-order valence-corrected chi connectivity index (χ3v) is 30.1. The number of hydrogen-bond donors (Lipinski definition) is 0. The Bertz CT molecular complexity index is 5810. The van der Waals surface area contributed by atoms with Crippen LogP contribution in [0, 0.1) is 20.8 Å². The molecule has 3 aromatic carbocycles. The molecule has 0 fully saturated rings. The third kappa shape index (κ3) is 17.2. The maximum Gasteiger partial charge on any atom is 0.109 e. The monoisotopic (exact) mass is 1670 g/mol. The van der Waals surface area contributed by atoms with Crippen LogP contribution in [-0.2, 0) is 104 Å². The van der Waals surface area contributed by atoms with E-state index in [1.165, 1.54) is 143 Å². The Hall–Kier alpha value is -6.88. The molecule has 2 atom stereocenters. The predicted octanol–water partition coefficient (Wildman–Crippen LogP) is 23.3. The molecular weight excluding hydrogens is 1580 g/mol. The summed E-state index contributed by atoms with van der Waals surface area (Å²) in [6.45, 7) is 24.1. The number of aromatic nitrogens is 7. The summed E-state index contributed by atoms with van der Waals surface area (Å²) in [5.41, 5.74) is 24.2. The van der Waals surface area contributed by atoms with Crippen LogP contribution in [0.3, 0.4) is 0 Å². The zero-order valence-corrected chi connectivity index (χ0v) is 73.7. The van der Waals surface area contributed by atoms with E-state index in [2.05, 4.69) is 253 Å². The molecule has 12 nitrogen and oxygen atoms in total. The Labute approximate surface area is 706 Å². The molecule has 20 rings (SSSR count). The third-order valence-electron chi connectivity index (χ3n) is 23.8. The lowest BCUT2D eigenvalue weighted by Gasteiger charge is -2.37. The molecule has 5 aliphatic rings. The van der Waals surface area contributed by atoms with Crippen molar-refractivity contribution in [1.29, 1.82) is 0 Å². The zero-order chi connectivity index (χ0) is 78.3. The molecule has 0 bridgehead atoms. The maximum atomic E-state index is 6.28. The van der Waals surface area contributed by atoms with E-state index in [0.717, 1.165) is 147 Å². The largest absolute Gasteiger partial charge is 0.336 e. The molecule has 21 heteroatoms. The number of likely N-dealkylation sites (N-methyl/N-ethyl adjacent to an activating group) is 5. The van der Waals surface area contributed by atoms with Gasteiger partial charge < -0.3 is 42.4 Å². The van der Waals surface area contributed by atoms with Gasteiger partial charge in [0.05, 0.1) is 13.0 Å². The van der Waals surface area contributed by atoms with Crippen molar-refractivity contribution >= 4 is 154 Å². The van der Waals surface area contributed by atoms with Crippen LogP contribution in [0.15, 0.2) is 157 Å². The van der Waals surface area contributed by atoms with Gasteiger partial charge in [-0.1, -0.05) is 125 Å². The van der Waals surface area contributed by atoms with Gasteiger partial charge in [0.25, 0.3) is 0 Å². The van der Waals surface area contributed by atoms with Crippen molar-refractivity contribution in [2.45, 2.75) is 163 Å². The second-order valence-electron chi connectivity index (χ2n) is 31.8. The number of thiophene rings is 5. The van der Waals surface area contributed by atoms with Crippen molar-refractivity contribution in [3.63, 3.8) is 0 Å². The quantitative estimate of drug-likeness (QED) is 0.107. The summed E-state index contributed by atoms with van der Waals surface area (Å²) in [6.07, 6.45) is 16.9. The molecule has 17 heterocycles. The van der Waals surface area contributed by atoms with Gasteiger partial charge in [-0.2, -0.15) is 0 Å². The average Bonchev–Trinajstić information content (AvgIpc) is 1.59. The van der Waals surface area contributed by atoms with E-state index in [1.807, 2.05) is 54.3 Å². The Morgan fingerprint density at radius 1 is 0.451 bits per heavy atom. The maximum absolute atomic E-state index is 6.28. The van der Waals surface area contributed by atoms with E-state index < -0.39 is 0 Å². The van der Waals surface area contributed by atoms with Gasteiger partial charge in [0.2, 0.25) is 0 Å². The predicted molar refractivity (Wildman–Crippen MR) is 485 cm³/mol. The highest BCUT2D eigenvalue weighted by Crippen LogP contribution is 2.46. The molecule has 15 aromatic rings. The van der Waals surface area contributed by atoms with Crippen molar-refractivity contribution in [1.82, 2.24) is 57.3 Å². The van der Waals surface area contributed by atoms with E-state index in [9.17, 15) is 0 Å². The first-order chi connectivity index (χ1) is 54.8. The zero-order valence-electron chi connectivity index (χ0n) is 66.6. The molecule has 0 saturated carbocycles. The highest BCUT2D eigenvalue weighted by atomic mass is 35.5. The van der Waals surface area contributed by atoms with E-state index in [1.54, 1.807) is 56.5 Å². The summed E-state index contributed by atoms with van der Waals surface area (Å²) in [7, 11) is 11.1. The number of benzene rings is 3. The Kier molecular flexibility index (Phi) is 24.8. The summed E-state index contributed by atoms with van der Waals surface area (Å²) in [4.78, 5) is 28.9. The molecular formula is C92H102Cl4N12S5. The summed E-state index contributed by atoms with van der Waals surface area (Å²) < 4.78 is 15.2. The van der Waals surface area contributed by atoms with Crippen molar-refractivity contribution in [2.24, 2.45) is 0 Å². The number of halogens is 4. The van der Waals surface area contributed by atoms with Gasteiger partial charge in [-0.3, -0.25) is 14.9 Å². The van der Waals surface area contributed by atoms with Crippen molar-refractivity contribution in [2.75, 3.05) is 61.4 Å². The number of aryl methyl sites for hydroxylation is 9. The van der Waals surface area contributed by atoms with Crippen molar-refractivity contribution in [3.8, 4) is 5.69 Å². The Morgan fingerprint density at radius 3 is 1.53 bits per heavy atom. The summed E-state index contributed by atoms with van der Waals surface area (Å²) >= 11 is 33.9. The highest BCUT2D eigenvalue weighted by Gasteiger charge is 2.34. The lowest BCUT2D eigenvalue weighted by Crippen LogP contribution is -2.38. The molecule has 113 heavy (non-hydrogen) atoms. The molecule has 0 radical (unpaired) electrons. The van der Waals surface area contributed by atoms with Crippen LogP contribution >= 0.6 is 103 Å². The van der Waals surface area contributed by atoms with Crippen LogP contribution in [0.1, 0.15) is 127 Å². The minimum atomic E-state index is 0.485. The fraction of sp³-hybridized carbons (Fsp3) is 0.370. The smallest absolute Gasteiger partial charge is 0.109 e. The number of nitrogens with zero attached hydrogens (tertiary/aromatic N) is 12. The van der Waals surface area contributed by atoms with Crippen molar-refractivity contribution < 1.29 is 0 Å². The topological polar surface area (TPSA) is 66.6 Å². The van der Waals surface area contributed by atoms with Gasteiger partial charge in [0.15, 0.2) is 0 Å². The summed E-state index contributed by atoms with van der Waals surface area (Å²) in [5, 5.41) is 10.2. The SMILES string of the molecule is CN1CCc2c(c3cc(Cl)sc3n2-c2ccncc2)C1.CN1CCc2c(c3cc(Cl)sc3n2CCc2ccccc2)C1.CN1CCc2c(c3cc(Cl)sc3n2Cc2ccccc2)C1.Cc1ccc(CCCn2c3c(c4cc(C)sc42)CN(C)CC3)cn1.Cc1csc2c1c1c(n2CCCc2cccc(Cl)c2)CC(C)N(C)C1C. The normalized spacial score (nSPS) is 16.6. The van der Waals surface area contributed by atoms with Gasteiger partial charge in [0.1, 0.15) is 24.2 Å². The van der Waals surface area contributed by atoms with E-state index in [4.69, 9.17) is 46.4 Å². The van der Waals surface area contributed by atoms with E-state index >= 15 is 0 Å². The second kappa shape index (κ2) is 35.1. The molecule has 0 aliphatic carbocycles. The molecule has 12 aromatic heterocycles. The fourth-order valence-corrected chi connectivity index (χ4v) is 24.2. The fourth-order valence-electron chi connectivity index (χ4n) is 17.9. The van der Waals surface area contributed by atoms with Gasteiger partial charge in [-0.15, -0.1) is 56.7 Å². The first kappa shape index (κ1) is 79.9. The highest BCUT2D eigenvalue weighted by molar-refractivity contribution is 7.23. The molecule has 5 aliphatic heterocycles. The lowest BCUT2D eigenvalue weighted by molar-refractivity contribution is 0.177. The van der Waals surface area contributed by atoms with Crippen LogP contribution in [0.2, 0.25) is 18.0 Å². The van der Waals surface area contributed by atoms with Crippen LogP contribution in [-0.4, -0.2) is 125 Å². The minimum absolute atomic E-state index is 0.485. The molecule has 0 spiro atoms. The van der Waals surface area contributed by atoms with Crippen molar-refractivity contribution in [3.05, 3.63) is 270 Å². The first-order valence-corrected chi connectivity index (χ1v) is 45.6. The number of pyridine rings is 2. The molecule has 588 valence electrons. The Morgan fingerprint density at radius 2 is 0.947 bits per heavy atom. The van der Waals surface area contributed by atoms with E-state index in [0.29, 0.717) is 12.1 Å². The number of hydrogen-bond acceptors (Lipinski definition) is 12. The van der Waals surface area contributed by atoms with Crippen LogP contribution in [0.4, 0.5) is 0 Å².